The number of aliphatic carboxylic acids is 1. The van der Waals surface area contributed by atoms with Gasteiger partial charge in [0.05, 0.1) is 0 Å². The molecular weight excluding hydrogens is 981 g/mol. The molecule has 0 aromatic carbocycles. The number of allylic oxidation sites excluding steroid dienone is 1. The SMILES string of the molecule is CCCCCCCCCCCCCCCC(=O)NCCC/C=C(\NC(=O)CCCCCCCCCCCCCCC)C(=O)N[C@@H](CCCCN)C(=O)N[C@@H](CCCCN)C(=O)NCCCCCC(=O)N[C@@H](CS)C(=O)O. The number of carbonyl (C=O) groups is 7. The van der Waals surface area contributed by atoms with Crippen molar-refractivity contribution in [3.05, 3.63) is 11.8 Å². The summed E-state index contributed by atoms with van der Waals surface area (Å²) in [6, 6.07) is -2.98. The van der Waals surface area contributed by atoms with Crippen LogP contribution in [-0.4, -0.2) is 96.6 Å². The molecule has 0 rings (SSSR count). The number of carbonyl (C=O) groups excluding carboxylic acids is 6. The summed E-state index contributed by atoms with van der Waals surface area (Å²) < 4.78 is 0. The summed E-state index contributed by atoms with van der Waals surface area (Å²) in [6.45, 7) is 6.03. The maximum atomic E-state index is 14.1. The van der Waals surface area contributed by atoms with Crippen LogP contribution in [0.1, 0.15) is 271 Å². The zero-order valence-corrected chi connectivity index (χ0v) is 48.9. The van der Waals surface area contributed by atoms with Crippen LogP contribution in [0.4, 0.5) is 0 Å². The molecule has 0 bridgehead atoms. The fourth-order valence-electron chi connectivity index (χ4n) is 9.09. The number of carboxylic acids is 1. The van der Waals surface area contributed by atoms with E-state index in [1.165, 1.54) is 122 Å². The zero-order chi connectivity index (χ0) is 56.1. The number of unbranched alkanes of at least 4 members (excludes halogenated alkanes) is 29. The van der Waals surface area contributed by atoms with Crippen LogP contribution in [-0.2, 0) is 33.6 Å². The molecule has 16 nitrogen and oxygen atoms in total. The third kappa shape index (κ3) is 44.3. The van der Waals surface area contributed by atoms with Crippen LogP contribution in [0.2, 0.25) is 0 Å². The minimum absolute atomic E-state index is 0.0117. The number of nitrogens with two attached hydrogens (primary N) is 2. The first-order valence-electron chi connectivity index (χ1n) is 30.6. The Bertz CT molecular complexity index is 1540. The van der Waals surface area contributed by atoms with Crippen molar-refractivity contribution in [1.29, 1.82) is 0 Å². The monoisotopic (exact) mass is 1090 g/mol. The Morgan fingerprint density at radius 3 is 1.29 bits per heavy atom. The first kappa shape index (κ1) is 72.3. The van der Waals surface area contributed by atoms with Crippen LogP contribution in [0.5, 0.6) is 0 Å². The molecule has 6 amide bonds. The van der Waals surface area contributed by atoms with Gasteiger partial charge < -0.3 is 48.5 Å². The molecule has 0 unspecified atom stereocenters. The Balaban J connectivity index is 5.53. The number of nitrogens with one attached hydrogen (secondary N) is 6. The predicted octanol–water partition coefficient (Wildman–Crippen LogP) is 10.2. The fraction of sp³-hybridized carbons (Fsp3) is 0.847. The Morgan fingerprint density at radius 1 is 0.434 bits per heavy atom. The van der Waals surface area contributed by atoms with Gasteiger partial charge in [-0.1, -0.05) is 180 Å². The second kappa shape index (κ2) is 53.3. The largest absolute Gasteiger partial charge is 0.480 e. The van der Waals surface area contributed by atoms with Crippen molar-refractivity contribution in [3.8, 4) is 0 Å². The van der Waals surface area contributed by atoms with Crippen LogP contribution >= 0.6 is 12.6 Å². The molecule has 76 heavy (non-hydrogen) atoms. The van der Waals surface area contributed by atoms with Crippen molar-refractivity contribution < 1.29 is 38.7 Å². The first-order valence-corrected chi connectivity index (χ1v) is 31.3. The molecule has 0 aromatic rings. The summed E-state index contributed by atoms with van der Waals surface area (Å²) in [7, 11) is 0. The van der Waals surface area contributed by atoms with Crippen molar-refractivity contribution in [1.82, 2.24) is 31.9 Å². The van der Waals surface area contributed by atoms with Gasteiger partial charge in [0.15, 0.2) is 0 Å². The van der Waals surface area contributed by atoms with Gasteiger partial charge in [0.25, 0.3) is 5.91 Å². The number of amides is 6. The van der Waals surface area contributed by atoms with Crippen molar-refractivity contribution in [2.24, 2.45) is 11.5 Å². The maximum Gasteiger partial charge on any atom is 0.327 e. The van der Waals surface area contributed by atoms with E-state index < -0.39 is 35.9 Å². The molecule has 11 N–H and O–H groups in total. The van der Waals surface area contributed by atoms with E-state index in [0.29, 0.717) is 103 Å². The normalized spacial score (nSPS) is 12.6. The highest BCUT2D eigenvalue weighted by molar-refractivity contribution is 7.80. The van der Waals surface area contributed by atoms with Crippen LogP contribution in [0.3, 0.4) is 0 Å². The minimum atomic E-state index is -1.15. The summed E-state index contributed by atoms with van der Waals surface area (Å²) >= 11 is 3.97. The molecule has 0 saturated carbocycles. The quantitative estimate of drug-likeness (QED) is 0.0156. The molecule has 17 heteroatoms. The maximum absolute atomic E-state index is 14.1. The van der Waals surface area contributed by atoms with E-state index in [4.69, 9.17) is 16.6 Å². The standard InChI is InChI=1S/C59H112N8O8S/c1-3-5-7-9-11-13-15-17-19-21-23-25-28-41-53(68)62-46-37-33-40-50(64-54(69)42-29-26-24-22-20-18-16-14-12-10-8-6-4-2)57(72)67-51(39-32-35-45-61)58(73)66-49(38-31-34-44-60)56(71)63-47-36-27-30-43-55(70)65-52(48-76)59(74)75/h40,49,51-52,76H,3-39,41-48,60-61H2,1-2H3,(H,62,68)(H,63,71)(H,64,69)(H,65,70)(H,66,73)(H,67,72)(H,74,75)/b50-40-/t49-,51-,52-/m0/s1. The lowest BCUT2D eigenvalue weighted by atomic mass is 10.0. The second-order valence-corrected chi connectivity index (χ2v) is 21.4. The lowest BCUT2D eigenvalue weighted by Crippen LogP contribution is -2.54. The summed E-state index contributed by atoms with van der Waals surface area (Å²) in [5.41, 5.74) is 11.6. The average molecular weight is 1090 g/mol. The number of hydrogen-bond acceptors (Lipinski definition) is 10. The Morgan fingerprint density at radius 2 is 0.842 bits per heavy atom. The van der Waals surface area contributed by atoms with Crippen LogP contribution in [0.15, 0.2) is 11.8 Å². The number of carboxylic acid groups (broad SMARTS) is 1. The molecule has 0 spiro atoms. The summed E-state index contributed by atoms with van der Waals surface area (Å²) in [5.74, 6) is -3.34. The van der Waals surface area contributed by atoms with Gasteiger partial charge in [0.1, 0.15) is 23.8 Å². The fourth-order valence-corrected chi connectivity index (χ4v) is 9.34. The molecule has 0 saturated heterocycles. The molecule has 0 aliphatic heterocycles. The topological polar surface area (TPSA) is 264 Å². The van der Waals surface area contributed by atoms with Gasteiger partial charge in [-0.15, -0.1) is 0 Å². The van der Waals surface area contributed by atoms with Crippen LogP contribution < -0.4 is 43.4 Å². The number of thiol groups is 1. The Labute approximate surface area is 466 Å². The lowest BCUT2D eigenvalue weighted by Gasteiger charge is -2.24. The van der Waals surface area contributed by atoms with Gasteiger partial charge in [0.2, 0.25) is 29.5 Å². The van der Waals surface area contributed by atoms with E-state index in [0.717, 1.165) is 38.5 Å². The number of hydrogen-bond donors (Lipinski definition) is 10. The zero-order valence-electron chi connectivity index (χ0n) is 48.0. The molecule has 0 aliphatic rings. The van der Waals surface area contributed by atoms with Crippen molar-refractivity contribution >= 4 is 54.0 Å². The highest BCUT2D eigenvalue weighted by Gasteiger charge is 2.28. The van der Waals surface area contributed by atoms with Crippen molar-refractivity contribution in [2.45, 2.75) is 289 Å². The molecule has 0 heterocycles. The van der Waals surface area contributed by atoms with Gasteiger partial charge in [-0.05, 0) is 90.1 Å². The molecule has 0 aliphatic carbocycles. The average Bonchev–Trinajstić information content (AvgIpc) is 3.40. The molecular formula is C59H112N8O8S. The Hall–Kier alpha value is -3.70. The lowest BCUT2D eigenvalue weighted by molar-refractivity contribution is -0.141. The van der Waals surface area contributed by atoms with E-state index in [9.17, 15) is 33.6 Å². The second-order valence-electron chi connectivity index (χ2n) is 21.0. The first-order chi connectivity index (χ1) is 36.9. The van der Waals surface area contributed by atoms with E-state index in [1.807, 2.05) is 0 Å². The molecule has 442 valence electrons. The molecule has 0 fully saturated rings. The van der Waals surface area contributed by atoms with E-state index in [-0.39, 0.29) is 54.3 Å². The van der Waals surface area contributed by atoms with Gasteiger partial charge in [-0.2, -0.15) is 12.6 Å². The third-order valence-corrected chi connectivity index (χ3v) is 14.3. The van der Waals surface area contributed by atoms with Gasteiger partial charge in [-0.25, -0.2) is 4.79 Å². The smallest absolute Gasteiger partial charge is 0.327 e. The van der Waals surface area contributed by atoms with Crippen molar-refractivity contribution in [2.75, 3.05) is 31.9 Å². The molecule has 3 atom stereocenters. The van der Waals surface area contributed by atoms with E-state index in [2.05, 4.69) is 58.4 Å². The van der Waals surface area contributed by atoms with Crippen LogP contribution in [0.25, 0.3) is 0 Å². The van der Waals surface area contributed by atoms with Gasteiger partial charge in [0, 0.05) is 38.1 Å². The third-order valence-electron chi connectivity index (χ3n) is 13.9. The van der Waals surface area contributed by atoms with Gasteiger partial charge >= 0.3 is 5.97 Å². The van der Waals surface area contributed by atoms with E-state index in [1.54, 1.807) is 6.08 Å². The summed E-state index contributed by atoms with van der Waals surface area (Å²) in [5, 5.41) is 26.1. The number of rotatable bonds is 55. The summed E-state index contributed by atoms with van der Waals surface area (Å²) in [6.07, 6.45) is 39.7. The Kier molecular flexibility index (Phi) is 50.7. The summed E-state index contributed by atoms with van der Waals surface area (Å²) in [4.78, 5) is 91.0. The highest BCUT2D eigenvalue weighted by atomic mass is 32.1. The minimum Gasteiger partial charge on any atom is -0.480 e. The van der Waals surface area contributed by atoms with Gasteiger partial charge in [-0.3, -0.25) is 28.8 Å². The molecule has 0 aromatic heterocycles. The predicted molar refractivity (Wildman–Crippen MR) is 314 cm³/mol. The van der Waals surface area contributed by atoms with Crippen molar-refractivity contribution in [3.63, 3.8) is 0 Å². The molecule has 0 radical (unpaired) electrons. The highest BCUT2D eigenvalue weighted by Crippen LogP contribution is 2.15. The van der Waals surface area contributed by atoms with E-state index >= 15 is 0 Å². The van der Waals surface area contributed by atoms with Crippen LogP contribution in [0, 0.1) is 0 Å².